The number of esters is 1. The van der Waals surface area contributed by atoms with Gasteiger partial charge >= 0.3 is 5.97 Å². The highest BCUT2D eigenvalue weighted by Crippen LogP contribution is 2.34. The first-order valence-corrected chi connectivity index (χ1v) is 6.46. The fourth-order valence-electron chi connectivity index (χ4n) is 2.52. The van der Waals surface area contributed by atoms with Gasteiger partial charge in [0, 0.05) is 6.42 Å². The van der Waals surface area contributed by atoms with Crippen LogP contribution in [0.15, 0.2) is 30.3 Å². The van der Waals surface area contributed by atoms with Crippen LogP contribution in [0.25, 0.3) is 0 Å². The van der Waals surface area contributed by atoms with Crippen LogP contribution in [0, 0.1) is 5.92 Å². The second-order valence-electron chi connectivity index (χ2n) is 4.65. The van der Waals surface area contributed by atoms with Crippen LogP contribution in [-0.4, -0.2) is 18.4 Å². The Morgan fingerprint density at radius 1 is 1.33 bits per heavy atom. The molecule has 0 heterocycles. The van der Waals surface area contributed by atoms with Gasteiger partial charge in [-0.3, -0.25) is 9.59 Å². The Morgan fingerprint density at radius 2 is 2.06 bits per heavy atom. The molecule has 1 aromatic carbocycles. The molecular weight excluding hydrogens is 228 g/mol. The van der Waals surface area contributed by atoms with Crippen molar-refractivity contribution in [2.24, 2.45) is 5.92 Å². The van der Waals surface area contributed by atoms with Gasteiger partial charge in [-0.25, -0.2) is 0 Å². The molecule has 3 heteroatoms. The third-order valence-electron chi connectivity index (χ3n) is 3.49. The lowest BCUT2D eigenvalue weighted by Gasteiger charge is -2.27. The summed E-state index contributed by atoms with van der Waals surface area (Å²) in [5, 5.41) is 0. The number of carbonyl (C=O) groups is 2. The Hall–Kier alpha value is -1.64. The third kappa shape index (κ3) is 2.78. The van der Waals surface area contributed by atoms with Gasteiger partial charge < -0.3 is 4.74 Å². The van der Waals surface area contributed by atoms with Crippen molar-refractivity contribution in [2.45, 2.75) is 32.1 Å². The molecule has 0 bridgehead atoms. The van der Waals surface area contributed by atoms with Crippen molar-refractivity contribution < 1.29 is 14.3 Å². The number of Topliss-reactive ketones (excluding diaryl/α,β-unsaturated/α-hetero) is 1. The molecule has 1 aliphatic carbocycles. The summed E-state index contributed by atoms with van der Waals surface area (Å²) in [5.74, 6) is -0.606. The molecule has 1 saturated carbocycles. The standard InChI is InChI=1S/C15H18O3/c1-2-18-15(17)13-10-12(8-9-14(13)16)11-6-4-3-5-7-11/h3-7,12-13H,2,8-10H2,1H3/t12-,13-/m0/s1. The smallest absolute Gasteiger partial charge is 0.316 e. The van der Waals surface area contributed by atoms with Crippen molar-refractivity contribution in [3.8, 4) is 0 Å². The number of ketones is 1. The zero-order valence-electron chi connectivity index (χ0n) is 10.6. The third-order valence-corrected chi connectivity index (χ3v) is 3.49. The van der Waals surface area contributed by atoms with Gasteiger partial charge in [0.1, 0.15) is 11.7 Å². The molecular formula is C15H18O3. The molecule has 0 N–H and O–H groups in total. The lowest BCUT2D eigenvalue weighted by molar-refractivity contribution is -0.153. The number of rotatable bonds is 3. The highest BCUT2D eigenvalue weighted by atomic mass is 16.5. The van der Waals surface area contributed by atoms with Crippen molar-refractivity contribution in [1.29, 1.82) is 0 Å². The molecule has 0 spiro atoms. The lowest BCUT2D eigenvalue weighted by Crippen LogP contribution is -2.31. The van der Waals surface area contributed by atoms with E-state index in [1.165, 1.54) is 5.56 Å². The maximum atomic E-state index is 11.8. The van der Waals surface area contributed by atoms with Crippen molar-refractivity contribution in [1.82, 2.24) is 0 Å². The van der Waals surface area contributed by atoms with Gasteiger partial charge in [-0.2, -0.15) is 0 Å². The van der Waals surface area contributed by atoms with E-state index < -0.39 is 5.92 Å². The minimum absolute atomic E-state index is 0.0284. The first-order valence-electron chi connectivity index (χ1n) is 6.46. The molecule has 18 heavy (non-hydrogen) atoms. The van der Waals surface area contributed by atoms with E-state index in [0.717, 1.165) is 6.42 Å². The van der Waals surface area contributed by atoms with Crippen LogP contribution < -0.4 is 0 Å². The molecule has 0 amide bonds. The molecule has 0 unspecified atom stereocenters. The predicted octanol–water partition coefficient (Wildman–Crippen LogP) is 2.70. The highest BCUT2D eigenvalue weighted by molar-refractivity contribution is 5.99. The van der Waals surface area contributed by atoms with E-state index in [4.69, 9.17) is 4.74 Å². The Labute approximate surface area is 107 Å². The van der Waals surface area contributed by atoms with E-state index in [1.54, 1.807) is 6.92 Å². The molecule has 0 saturated heterocycles. The first-order chi connectivity index (χ1) is 8.72. The SMILES string of the molecule is CCOC(=O)[C@H]1C[C@@H](c2ccccc2)CCC1=O. The number of carbonyl (C=O) groups excluding carboxylic acids is 2. The zero-order chi connectivity index (χ0) is 13.0. The Bertz CT molecular complexity index is 425. The van der Waals surface area contributed by atoms with Gasteiger partial charge in [-0.15, -0.1) is 0 Å². The second kappa shape index (κ2) is 5.80. The molecule has 2 atom stereocenters. The highest BCUT2D eigenvalue weighted by Gasteiger charge is 2.35. The summed E-state index contributed by atoms with van der Waals surface area (Å²) >= 11 is 0. The molecule has 0 aliphatic heterocycles. The van der Waals surface area contributed by atoms with E-state index in [1.807, 2.05) is 18.2 Å². The van der Waals surface area contributed by atoms with Gasteiger partial charge in [0.05, 0.1) is 6.61 Å². The lowest BCUT2D eigenvalue weighted by atomic mass is 9.77. The molecule has 0 radical (unpaired) electrons. The topological polar surface area (TPSA) is 43.4 Å². The maximum absolute atomic E-state index is 11.8. The number of hydrogen-bond donors (Lipinski definition) is 0. The van der Waals surface area contributed by atoms with Crippen LogP contribution in [0.2, 0.25) is 0 Å². The molecule has 0 aromatic heterocycles. The molecule has 1 aliphatic rings. The average molecular weight is 246 g/mol. The van der Waals surface area contributed by atoms with Crippen molar-refractivity contribution in [3.05, 3.63) is 35.9 Å². The fraction of sp³-hybridized carbons (Fsp3) is 0.467. The van der Waals surface area contributed by atoms with Gasteiger partial charge in [-0.1, -0.05) is 30.3 Å². The number of hydrogen-bond acceptors (Lipinski definition) is 3. The predicted molar refractivity (Wildman–Crippen MR) is 68.2 cm³/mol. The summed E-state index contributed by atoms with van der Waals surface area (Å²) in [7, 11) is 0. The second-order valence-corrected chi connectivity index (χ2v) is 4.65. The molecule has 2 rings (SSSR count). The summed E-state index contributed by atoms with van der Waals surface area (Å²) in [6.45, 7) is 2.10. The van der Waals surface area contributed by atoms with Gasteiger partial charge in [0.25, 0.3) is 0 Å². The largest absolute Gasteiger partial charge is 0.465 e. The summed E-state index contributed by atoms with van der Waals surface area (Å²) in [6.07, 6.45) is 1.89. The summed E-state index contributed by atoms with van der Waals surface area (Å²) < 4.78 is 4.98. The molecule has 96 valence electrons. The van der Waals surface area contributed by atoms with Gasteiger partial charge in [-0.05, 0) is 31.2 Å². The van der Waals surface area contributed by atoms with Crippen LogP contribution in [0.4, 0.5) is 0 Å². The molecule has 3 nitrogen and oxygen atoms in total. The minimum atomic E-state index is -0.566. The maximum Gasteiger partial charge on any atom is 0.316 e. The van der Waals surface area contributed by atoms with Crippen LogP contribution in [0.1, 0.15) is 37.7 Å². The van der Waals surface area contributed by atoms with Crippen LogP contribution in [0.5, 0.6) is 0 Å². The van der Waals surface area contributed by atoms with E-state index in [9.17, 15) is 9.59 Å². The Balaban J connectivity index is 2.09. The van der Waals surface area contributed by atoms with Crippen molar-refractivity contribution in [2.75, 3.05) is 6.61 Å². The monoisotopic (exact) mass is 246 g/mol. The first kappa shape index (κ1) is 12.8. The summed E-state index contributed by atoms with van der Waals surface area (Å²) in [4.78, 5) is 23.5. The number of ether oxygens (including phenoxy) is 1. The van der Waals surface area contributed by atoms with Crippen LogP contribution >= 0.6 is 0 Å². The Morgan fingerprint density at radius 3 is 2.72 bits per heavy atom. The minimum Gasteiger partial charge on any atom is -0.465 e. The van der Waals surface area contributed by atoms with E-state index in [2.05, 4.69) is 12.1 Å². The van der Waals surface area contributed by atoms with Gasteiger partial charge in [0.15, 0.2) is 0 Å². The average Bonchev–Trinajstić information content (AvgIpc) is 2.40. The Kier molecular flexibility index (Phi) is 4.13. The summed E-state index contributed by atoms with van der Waals surface area (Å²) in [6, 6.07) is 10.1. The number of benzene rings is 1. The van der Waals surface area contributed by atoms with Crippen LogP contribution in [-0.2, 0) is 14.3 Å². The van der Waals surface area contributed by atoms with E-state index in [-0.39, 0.29) is 11.8 Å². The normalized spacial score (nSPS) is 23.7. The van der Waals surface area contributed by atoms with E-state index in [0.29, 0.717) is 25.4 Å². The van der Waals surface area contributed by atoms with Crippen molar-refractivity contribution in [3.63, 3.8) is 0 Å². The summed E-state index contributed by atoms with van der Waals surface area (Å²) in [5.41, 5.74) is 1.21. The molecule has 1 aromatic rings. The quantitative estimate of drug-likeness (QED) is 0.608. The van der Waals surface area contributed by atoms with E-state index >= 15 is 0 Å². The van der Waals surface area contributed by atoms with Gasteiger partial charge in [0.2, 0.25) is 0 Å². The zero-order valence-corrected chi connectivity index (χ0v) is 10.6. The molecule has 1 fully saturated rings. The fourth-order valence-corrected chi connectivity index (χ4v) is 2.52. The van der Waals surface area contributed by atoms with Crippen LogP contribution in [0.3, 0.4) is 0 Å². The van der Waals surface area contributed by atoms with Crippen molar-refractivity contribution >= 4 is 11.8 Å².